The lowest BCUT2D eigenvalue weighted by atomic mass is 10.0. The van der Waals surface area contributed by atoms with Gasteiger partial charge in [-0.15, -0.1) is 0 Å². The highest BCUT2D eigenvalue weighted by molar-refractivity contribution is 7.80. The Labute approximate surface area is 145 Å². The molecule has 0 aromatic heterocycles. The average Bonchev–Trinajstić information content (AvgIpc) is 2.61. The molecule has 1 fully saturated rings. The van der Waals surface area contributed by atoms with Crippen LogP contribution in [-0.4, -0.2) is 54.2 Å². The monoisotopic (exact) mass is 335 g/mol. The second-order valence-corrected chi connectivity index (χ2v) is 6.69. The van der Waals surface area contributed by atoms with Crippen molar-refractivity contribution in [2.24, 2.45) is 0 Å². The van der Waals surface area contributed by atoms with E-state index >= 15 is 0 Å². The molecular weight excluding hydrogens is 306 g/mol. The van der Waals surface area contributed by atoms with Crippen LogP contribution in [0.5, 0.6) is 5.75 Å². The van der Waals surface area contributed by atoms with Gasteiger partial charge in [-0.1, -0.05) is 6.92 Å². The quantitative estimate of drug-likeness (QED) is 0.830. The Morgan fingerprint density at radius 3 is 2.48 bits per heavy atom. The molecule has 0 saturated carbocycles. The highest BCUT2D eigenvalue weighted by Crippen LogP contribution is 2.20. The highest BCUT2D eigenvalue weighted by atomic mass is 32.1. The van der Waals surface area contributed by atoms with E-state index in [1.807, 2.05) is 24.3 Å². The lowest BCUT2D eigenvalue weighted by molar-refractivity contribution is 0.126. The van der Waals surface area contributed by atoms with Gasteiger partial charge in [0.2, 0.25) is 0 Å². The molecule has 128 valence electrons. The van der Waals surface area contributed by atoms with Crippen molar-refractivity contribution in [2.75, 3.05) is 32.6 Å². The molecule has 1 aromatic carbocycles. The van der Waals surface area contributed by atoms with Gasteiger partial charge in [-0.3, -0.25) is 0 Å². The summed E-state index contributed by atoms with van der Waals surface area (Å²) < 4.78 is 5.18. The van der Waals surface area contributed by atoms with Crippen LogP contribution in [0.4, 0.5) is 5.69 Å². The number of rotatable bonds is 5. The van der Waals surface area contributed by atoms with Gasteiger partial charge < -0.3 is 19.9 Å². The van der Waals surface area contributed by atoms with E-state index in [1.165, 1.54) is 19.3 Å². The van der Waals surface area contributed by atoms with Crippen LogP contribution in [0.1, 0.15) is 33.1 Å². The molecule has 0 amide bonds. The largest absolute Gasteiger partial charge is 0.497 e. The summed E-state index contributed by atoms with van der Waals surface area (Å²) in [6, 6.07) is 9.20. The van der Waals surface area contributed by atoms with Gasteiger partial charge in [0.05, 0.1) is 7.11 Å². The van der Waals surface area contributed by atoms with Crippen LogP contribution in [0.2, 0.25) is 0 Å². The number of hydrogen-bond acceptors (Lipinski definition) is 3. The smallest absolute Gasteiger partial charge is 0.173 e. The summed E-state index contributed by atoms with van der Waals surface area (Å²) in [4.78, 5) is 4.80. The number of nitrogens with one attached hydrogen (secondary N) is 1. The van der Waals surface area contributed by atoms with Crippen LogP contribution < -0.4 is 10.1 Å². The summed E-state index contributed by atoms with van der Waals surface area (Å²) >= 11 is 5.57. The highest BCUT2D eigenvalue weighted by Gasteiger charge is 2.25. The Kier molecular flexibility index (Phi) is 6.66. The predicted octanol–water partition coefficient (Wildman–Crippen LogP) is 3.59. The Hall–Kier alpha value is -1.33. The van der Waals surface area contributed by atoms with Crippen molar-refractivity contribution in [3.05, 3.63) is 24.3 Å². The van der Waals surface area contributed by atoms with Crippen LogP contribution in [0, 0.1) is 0 Å². The van der Waals surface area contributed by atoms with Crippen molar-refractivity contribution in [1.82, 2.24) is 9.80 Å². The summed E-state index contributed by atoms with van der Waals surface area (Å²) in [5.41, 5.74) is 1.01. The average molecular weight is 336 g/mol. The lowest BCUT2D eigenvalue weighted by Crippen LogP contribution is -2.48. The molecule has 0 spiro atoms. The van der Waals surface area contributed by atoms with Crippen molar-refractivity contribution in [2.45, 2.75) is 45.2 Å². The number of thiocarbonyl (C=S) groups is 1. The molecule has 0 bridgehead atoms. The van der Waals surface area contributed by atoms with E-state index in [0.717, 1.165) is 29.6 Å². The molecule has 1 aliphatic rings. The number of methoxy groups -OCH3 is 1. The number of anilines is 1. The maximum atomic E-state index is 5.57. The summed E-state index contributed by atoms with van der Waals surface area (Å²) in [6.45, 7) is 6.60. The van der Waals surface area contributed by atoms with Crippen molar-refractivity contribution in [1.29, 1.82) is 0 Å². The number of hydrogen-bond donors (Lipinski definition) is 1. The molecule has 0 aliphatic carbocycles. The maximum absolute atomic E-state index is 5.57. The van der Waals surface area contributed by atoms with E-state index in [9.17, 15) is 0 Å². The molecule has 1 atom stereocenters. The second kappa shape index (κ2) is 8.50. The fraction of sp³-hybridized carbons (Fsp3) is 0.611. The summed E-state index contributed by atoms with van der Waals surface area (Å²) in [5.74, 6) is 0.857. The molecule has 23 heavy (non-hydrogen) atoms. The van der Waals surface area contributed by atoms with E-state index in [2.05, 4.69) is 36.0 Å². The Morgan fingerprint density at radius 1 is 1.35 bits per heavy atom. The first-order valence-corrected chi connectivity index (χ1v) is 8.87. The summed E-state index contributed by atoms with van der Waals surface area (Å²) in [7, 11) is 3.93. The van der Waals surface area contributed by atoms with Gasteiger partial charge in [0.15, 0.2) is 5.11 Å². The van der Waals surface area contributed by atoms with Gasteiger partial charge >= 0.3 is 0 Å². The third-order valence-electron chi connectivity index (χ3n) is 4.96. The second-order valence-electron chi connectivity index (χ2n) is 6.30. The number of piperidine rings is 1. The van der Waals surface area contributed by atoms with Crippen molar-refractivity contribution < 1.29 is 4.74 Å². The zero-order valence-corrected chi connectivity index (χ0v) is 15.5. The van der Waals surface area contributed by atoms with E-state index in [-0.39, 0.29) is 0 Å². The SMILES string of the molecule is CC[C@H](C)N(C)C1CCN(C(=S)Nc2ccc(OC)cc2)CC1. The molecule has 1 N–H and O–H groups in total. The molecule has 0 unspecified atom stereocenters. The van der Waals surface area contributed by atoms with E-state index in [4.69, 9.17) is 17.0 Å². The molecule has 1 heterocycles. The lowest BCUT2D eigenvalue weighted by Gasteiger charge is -2.40. The van der Waals surface area contributed by atoms with Crippen LogP contribution in [0.25, 0.3) is 0 Å². The number of nitrogens with zero attached hydrogens (tertiary/aromatic N) is 2. The Bertz CT molecular complexity index is 497. The van der Waals surface area contributed by atoms with E-state index in [0.29, 0.717) is 12.1 Å². The number of likely N-dealkylation sites (tertiary alicyclic amines) is 1. The topological polar surface area (TPSA) is 27.7 Å². The third kappa shape index (κ3) is 4.82. The first kappa shape index (κ1) is 18.0. The molecule has 1 aromatic rings. The van der Waals surface area contributed by atoms with Crippen LogP contribution >= 0.6 is 12.2 Å². The minimum Gasteiger partial charge on any atom is -0.497 e. The number of benzene rings is 1. The van der Waals surface area contributed by atoms with Crippen LogP contribution in [0.3, 0.4) is 0 Å². The van der Waals surface area contributed by atoms with Crippen LogP contribution in [-0.2, 0) is 0 Å². The maximum Gasteiger partial charge on any atom is 0.173 e. The fourth-order valence-electron chi connectivity index (χ4n) is 3.00. The van der Waals surface area contributed by atoms with Gasteiger partial charge in [-0.05, 0) is 69.7 Å². The van der Waals surface area contributed by atoms with Gasteiger partial charge in [-0.2, -0.15) is 0 Å². The first-order chi connectivity index (χ1) is 11.0. The predicted molar refractivity (Wildman–Crippen MR) is 101 cm³/mol. The fourth-order valence-corrected chi connectivity index (χ4v) is 3.30. The zero-order valence-electron chi connectivity index (χ0n) is 14.7. The van der Waals surface area contributed by atoms with Gasteiger partial charge in [0, 0.05) is 30.9 Å². The van der Waals surface area contributed by atoms with Crippen molar-refractivity contribution in [3.63, 3.8) is 0 Å². The first-order valence-electron chi connectivity index (χ1n) is 8.47. The molecule has 0 radical (unpaired) electrons. The Morgan fingerprint density at radius 2 is 1.96 bits per heavy atom. The van der Waals surface area contributed by atoms with Crippen molar-refractivity contribution in [3.8, 4) is 5.75 Å². The number of ether oxygens (including phenoxy) is 1. The standard InChI is InChI=1S/C18H29N3OS/c1-5-14(2)20(3)16-10-12-21(13-11-16)18(23)19-15-6-8-17(22-4)9-7-15/h6-9,14,16H,5,10-13H2,1-4H3,(H,19,23)/t14-/m0/s1. The molecule has 2 rings (SSSR count). The third-order valence-corrected chi connectivity index (χ3v) is 5.32. The Balaban J connectivity index is 1.83. The summed E-state index contributed by atoms with van der Waals surface area (Å²) in [6.07, 6.45) is 3.55. The molecule has 1 saturated heterocycles. The van der Waals surface area contributed by atoms with E-state index in [1.54, 1.807) is 7.11 Å². The minimum atomic E-state index is 0.649. The van der Waals surface area contributed by atoms with Gasteiger partial charge in [-0.25, -0.2) is 0 Å². The van der Waals surface area contributed by atoms with Gasteiger partial charge in [0.25, 0.3) is 0 Å². The molecule has 1 aliphatic heterocycles. The summed E-state index contributed by atoms with van der Waals surface area (Å²) in [5, 5.41) is 4.15. The van der Waals surface area contributed by atoms with Gasteiger partial charge in [0.1, 0.15) is 5.75 Å². The van der Waals surface area contributed by atoms with Crippen LogP contribution in [0.15, 0.2) is 24.3 Å². The van der Waals surface area contributed by atoms with E-state index < -0.39 is 0 Å². The minimum absolute atomic E-state index is 0.649. The normalized spacial score (nSPS) is 17.2. The van der Waals surface area contributed by atoms with Crippen molar-refractivity contribution >= 4 is 23.0 Å². The zero-order chi connectivity index (χ0) is 16.8. The molecular formula is C18H29N3OS. The molecule has 4 nitrogen and oxygen atoms in total. The molecule has 5 heteroatoms.